The molecule has 0 fully saturated rings. The summed E-state index contributed by atoms with van der Waals surface area (Å²) in [6.07, 6.45) is 4.39. The Bertz CT molecular complexity index is 920. The molecule has 0 saturated carbocycles. The molecular weight excluding hydrogens is 320 g/mol. The van der Waals surface area contributed by atoms with E-state index in [2.05, 4.69) is 60.7 Å². The Kier molecular flexibility index (Phi) is 4.49. The lowest BCUT2D eigenvalue weighted by atomic mass is 9.92. The van der Waals surface area contributed by atoms with Gasteiger partial charge in [-0.25, -0.2) is 0 Å². The molecular formula is C24H22O2. The lowest BCUT2D eigenvalue weighted by Gasteiger charge is -2.13. The van der Waals surface area contributed by atoms with E-state index in [4.69, 9.17) is 9.47 Å². The summed E-state index contributed by atoms with van der Waals surface area (Å²) < 4.78 is 10.8. The van der Waals surface area contributed by atoms with Crippen molar-refractivity contribution in [3.63, 3.8) is 0 Å². The van der Waals surface area contributed by atoms with E-state index in [-0.39, 0.29) is 0 Å². The number of hydrogen-bond donors (Lipinski definition) is 0. The first-order valence-electron chi connectivity index (χ1n) is 8.90. The molecule has 2 heteroatoms. The molecule has 0 heterocycles. The van der Waals surface area contributed by atoms with Crippen LogP contribution < -0.4 is 9.47 Å². The summed E-state index contributed by atoms with van der Waals surface area (Å²) in [7, 11) is 3.33. The second-order valence-corrected chi connectivity index (χ2v) is 6.49. The molecule has 0 aromatic heterocycles. The van der Waals surface area contributed by atoms with Crippen LogP contribution in [0.5, 0.6) is 11.5 Å². The molecule has 0 saturated heterocycles. The Balaban J connectivity index is 1.91. The Labute approximate surface area is 154 Å². The molecule has 26 heavy (non-hydrogen) atoms. The van der Waals surface area contributed by atoms with E-state index < -0.39 is 0 Å². The van der Waals surface area contributed by atoms with Crippen LogP contribution in [0.15, 0.2) is 66.7 Å². The maximum absolute atomic E-state index is 5.48. The lowest BCUT2D eigenvalue weighted by Crippen LogP contribution is -1.93. The van der Waals surface area contributed by atoms with Crippen molar-refractivity contribution in [2.75, 3.05) is 14.2 Å². The van der Waals surface area contributed by atoms with E-state index in [0.29, 0.717) is 0 Å². The van der Waals surface area contributed by atoms with Gasteiger partial charge in [-0.1, -0.05) is 54.6 Å². The predicted molar refractivity (Wildman–Crippen MR) is 107 cm³/mol. The molecule has 0 unspecified atom stereocenters. The normalized spacial score (nSPS) is 12.6. The third-order valence-corrected chi connectivity index (χ3v) is 5.00. The standard InChI is InChI=1S/C24H22O2/c1-25-23-14-11-17(16-24(23)26-2)15-22-20-9-5-3-7-18(20)12-13-19-8-4-6-10-21(19)22/h3-11,14-16H,12-13H2,1-2H3. The molecule has 0 N–H and O–H groups in total. The minimum atomic E-state index is 0.747. The minimum absolute atomic E-state index is 0.747. The zero-order valence-electron chi connectivity index (χ0n) is 15.2. The molecule has 0 radical (unpaired) electrons. The summed E-state index contributed by atoms with van der Waals surface area (Å²) in [5, 5.41) is 0. The molecule has 2 nitrogen and oxygen atoms in total. The van der Waals surface area contributed by atoms with Crippen molar-refractivity contribution in [1.82, 2.24) is 0 Å². The molecule has 0 bridgehead atoms. The van der Waals surface area contributed by atoms with Gasteiger partial charge in [-0.15, -0.1) is 0 Å². The monoisotopic (exact) mass is 342 g/mol. The Morgan fingerprint density at radius 1 is 0.692 bits per heavy atom. The van der Waals surface area contributed by atoms with Crippen molar-refractivity contribution < 1.29 is 9.47 Å². The zero-order valence-corrected chi connectivity index (χ0v) is 15.2. The second-order valence-electron chi connectivity index (χ2n) is 6.49. The number of ether oxygens (including phenoxy) is 2. The van der Waals surface area contributed by atoms with Gasteiger partial charge in [0.2, 0.25) is 0 Å². The quantitative estimate of drug-likeness (QED) is 0.635. The lowest BCUT2D eigenvalue weighted by molar-refractivity contribution is 0.355. The maximum atomic E-state index is 5.48. The van der Waals surface area contributed by atoms with Gasteiger partial charge in [0.05, 0.1) is 14.2 Å². The fourth-order valence-corrected chi connectivity index (χ4v) is 3.68. The Morgan fingerprint density at radius 3 is 1.85 bits per heavy atom. The van der Waals surface area contributed by atoms with E-state index >= 15 is 0 Å². The summed E-state index contributed by atoms with van der Waals surface area (Å²) in [6, 6.07) is 23.5. The zero-order chi connectivity index (χ0) is 17.9. The van der Waals surface area contributed by atoms with Crippen molar-refractivity contribution in [1.29, 1.82) is 0 Å². The van der Waals surface area contributed by atoms with Crippen molar-refractivity contribution in [2.45, 2.75) is 12.8 Å². The van der Waals surface area contributed by atoms with E-state index in [1.807, 2.05) is 12.1 Å². The van der Waals surface area contributed by atoms with Crippen LogP contribution in [0.3, 0.4) is 0 Å². The number of aryl methyl sites for hydroxylation is 2. The molecule has 1 aliphatic carbocycles. The highest BCUT2D eigenvalue weighted by Gasteiger charge is 2.17. The topological polar surface area (TPSA) is 18.5 Å². The highest BCUT2D eigenvalue weighted by molar-refractivity contribution is 5.94. The van der Waals surface area contributed by atoms with Crippen LogP contribution in [-0.2, 0) is 12.8 Å². The summed E-state index contributed by atoms with van der Waals surface area (Å²) in [5.41, 5.74) is 7.79. The van der Waals surface area contributed by atoms with Gasteiger partial charge in [-0.3, -0.25) is 0 Å². The Morgan fingerprint density at radius 2 is 1.27 bits per heavy atom. The summed E-state index contributed by atoms with van der Waals surface area (Å²) in [4.78, 5) is 0. The molecule has 0 amide bonds. The van der Waals surface area contributed by atoms with Gasteiger partial charge in [0, 0.05) is 0 Å². The fourth-order valence-electron chi connectivity index (χ4n) is 3.68. The maximum Gasteiger partial charge on any atom is 0.161 e. The molecule has 0 spiro atoms. The Hall–Kier alpha value is -3.00. The molecule has 1 aliphatic rings. The average molecular weight is 342 g/mol. The average Bonchev–Trinajstić information content (AvgIpc) is 2.85. The number of benzene rings is 3. The van der Waals surface area contributed by atoms with Crippen LogP contribution in [0.2, 0.25) is 0 Å². The van der Waals surface area contributed by atoms with Crippen LogP contribution in [0.25, 0.3) is 11.6 Å². The summed E-state index contributed by atoms with van der Waals surface area (Å²) in [5.74, 6) is 1.49. The highest BCUT2D eigenvalue weighted by atomic mass is 16.5. The molecule has 130 valence electrons. The minimum Gasteiger partial charge on any atom is -0.493 e. The van der Waals surface area contributed by atoms with Gasteiger partial charge in [-0.05, 0) is 64.4 Å². The third-order valence-electron chi connectivity index (χ3n) is 5.00. The first kappa shape index (κ1) is 16.5. The largest absolute Gasteiger partial charge is 0.493 e. The van der Waals surface area contributed by atoms with E-state index in [1.54, 1.807) is 14.2 Å². The van der Waals surface area contributed by atoms with E-state index in [1.165, 1.54) is 27.8 Å². The van der Waals surface area contributed by atoms with Gasteiger partial charge < -0.3 is 9.47 Å². The summed E-state index contributed by atoms with van der Waals surface area (Å²) in [6.45, 7) is 0. The number of hydrogen-bond acceptors (Lipinski definition) is 2. The van der Waals surface area contributed by atoms with Crippen LogP contribution in [0, 0.1) is 0 Å². The van der Waals surface area contributed by atoms with Crippen LogP contribution >= 0.6 is 0 Å². The number of fused-ring (bicyclic) bond motifs is 2. The van der Waals surface area contributed by atoms with E-state index in [9.17, 15) is 0 Å². The highest BCUT2D eigenvalue weighted by Crippen LogP contribution is 2.36. The van der Waals surface area contributed by atoms with E-state index in [0.717, 1.165) is 29.9 Å². The van der Waals surface area contributed by atoms with Crippen LogP contribution in [-0.4, -0.2) is 14.2 Å². The van der Waals surface area contributed by atoms with Gasteiger partial charge in [-0.2, -0.15) is 0 Å². The molecule has 0 atom stereocenters. The fraction of sp³-hybridized carbons (Fsp3) is 0.167. The smallest absolute Gasteiger partial charge is 0.161 e. The van der Waals surface area contributed by atoms with Gasteiger partial charge in [0.1, 0.15) is 0 Å². The van der Waals surface area contributed by atoms with Crippen molar-refractivity contribution in [2.24, 2.45) is 0 Å². The van der Waals surface area contributed by atoms with Gasteiger partial charge in [0.25, 0.3) is 0 Å². The van der Waals surface area contributed by atoms with Gasteiger partial charge in [0.15, 0.2) is 11.5 Å². The summed E-state index contributed by atoms with van der Waals surface area (Å²) >= 11 is 0. The first-order valence-corrected chi connectivity index (χ1v) is 8.90. The molecule has 3 aromatic carbocycles. The third kappa shape index (κ3) is 2.99. The first-order chi connectivity index (χ1) is 12.8. The molecule has 0 aliphatic heterocycles. The number of methoxy groups -OCH3 is 2. The van der Waals surface area contributed by atoms with Crippen LogP contribution in [0.4, 0.5) is 0 Å². The second kappa shape index (κ2) is 7.09. The van der Waals surface area contributed by atoms with Crippen molar-refractivity contribution >= 4 is 11.6 Å². The predicted octanol–water partition coefficient (Wildman–Crippen LogP) is 5.39. The van der Waals surface area contributed by atoms with Crippen molar-refractivity contribution in [3.8, 4) is 11.5 Å². The SMILES string of the molecule is COc1ccc(C=C2c3ccccc3CCc3ccccc32)cc1OC. The molecule has 3 aromatic rings. The van der Waals surface area contributed by atoms with Crippen molar-refractivity contribution in [3.05, 3.63) is 94.5 Å². The molecule has 4 rings (SSSR count). The number of rotatable bonds is 3. The van der Waals surface area contributed by atoms with Crippen LogP contribution in [0.1, 0.15) is 27.8 Å². The van der Waals surface area contributed by atoms with Gasteiger partial charge >= 0.3 is 0 Å².